The summed E-state index contributed by atoms with van der Waals surface area (Å²) >= 11 is 0. The molecule has 0 aliphatic heterocycles. The second-order valence-corrected chi connectivity index (χ2v) is 3.88. The maximum atomic E-state index is 11.3. The van der Waals surface area contributed by atoms with E-state index in [2.05, 4.69) is 15.0 Å². The van der Waals surface area contributed by atoms with Gasteiger partial charge < -0.3 is 15.5 Å². The minimum atomic E-state index is -0.499. The number of hydrogen-bond acceptors (Lipinski definition) is 4. The number of aromatic nitrogens is 3. The third-order valence-electron chi connectivity index (χ3n) is 2.85. The average molecular weight is 242 g/mol. The summed E-state index contributed by atoms with van der Waals surface area (Å²) in [6, 6.07) is 3.32. The van der Waals surface area contributed by atoms with Gasteiger partial charge in [-0.3, -0.25) is 4.79 Å². The van der Waals surface area contributed by atoms with E-state index in [1.54, 1.807) is 18.3 Å². The van der Waals surface area contributed by atoms with Gasteiger partial charge in [-0.2, -0.15) is 0 Å². The quantitative estimate of drug-likeness (QED) is 0.706. The van der Waals surface area contributed by atoms with Crippen molar-refractivity contribution in [2.75, 3.05) is 7.11 Å². The summed E-state index contributed by atoms with van der Waals surface area (Å²) in [6.45, 7) is 0. The predicted octanol–water partition coefficient (Wildman–Crippen LogP) is 1.22. The lowest BCUT2D eigenvalue weighted by Gasteiger charge is -2.03. The number of primary amides is 1. The Morgan fingerprint density at radius 3 is 2.94 bits per heavy atom. The fraction of sp³-hybridized carbons (Fsp3) is 0.0833. The minimum absolute atomic E-state index is 0.393. The molecule has 0 aliphatic rings. The summed E-state index contributed by atoms with van der Waals surface area (Å²) in [4.78, 5) is 22.5. The number of nitrogens with one attached hydrogen (secondary N) is 1. The first-order valence-electron chi connectivity index (χ1n) is 5.30. The number of carbonyl (C=O) groups is 1. The Balaban J connectivity index is 2.48. The molecule has 1 amide bonds. The van der Waals surface area contributed by atoms with Crippen molar-refractivity contribution in [2.24, 2.45) is 5.73 Å². The first kappa shape index (κ1) is 10.5. The number of nitrogens with two attached hydrogens (primary N) is 1. The van der Waals surface area contributed by atoms with Gasteiger partial charge in [-0.25, -0.2) is 9.97 Å². The largest absolute Gasteiger partial charge is 0.495 e. The summed E-state index contributed by atoms with van der Waals surface area (Å²) < 4.78 is 5.26. The van der Waals surface area contributed by atoms with Crippen molar-refractivity contribution in [3.8, 4) is 5.75 Å². The van der Waals surface area contributed by atoms with Gasteiger partial charge in [-0.1, -0.05) is 0 Å². The number of ether oxygens (including phenoxy) is 1. The minimum Gasteiger partial charge on any atom is -0.495 e. The molecule has 0 radical (unpaired) electrons. The molecule has 0 spiro atoms. The van der Waals surface area contributed by atoms with Crippen LogP contribution in [0, 0.1) is 0 Å². The van der Waals surface area contributed by atoms with Gasteiger partial charge in [-0.15, -0.1) is 0 Å². The molecular weight excluding hydrogens is 232 g/mol. The number of amides is 1. The summed E-state index contributed by atoms with van der Waals surface area (Å²) in [6.07, 6.45) is 3.14. The van der Waals surface area contributed by atoms with Crippen molar-refractivity contribution in [3.63, 3.8) is 0 Å². The number of benzene rings is 1. The van der Waals surface area contributed by atoms with Crippen LogP contribution < -0.4 is 10.5 Å². The molecule has 6 nitrogen and oxygen atoms in total. The second-order valence-electron chi connectivity index (χ2n) is 3.88. The number of nitrogens with zero attached hydrogens (tertiary/aromatic N) is 2. The van der Waals surface area contributed by atoms with Crippen molar-refractivity contribution in [1.82, 2.24) is 15.0 Å². The third kappa shape index (κ3) is 1.39. The molecule has 0 fully saturated rings. The smallest absolute Gasteiger partial charge is 0.248 e. The lowest BCUT2D eigenvalue weighted by atomic mass is 10.1. The molecule has 0 saturated carbocycles. The molecule has 3 N–H and O–H groups in total. The highest BCUT2D eigenvalue weighted by Crippen LogP contribution is 2.31. The third-order valence-corrected chi connectivity index (χ3v) is 2.85. The lowest BCUT2D eigenvalue weighted by molar-refractivity contribution is 0.1000. The highest BCUT2D eigenvalue weighted by molar-refractivity contribution is 6.10. The van der Waals surface area contributed by atoms with Crippen molar-refractivity contribution in [1.29, 1.82) is 0 Å². The molecule has 0 aliphatic carbocycles. The summed E-state index contributed by atoms with van der Waals surface area (Å²) in [5, 5.41) is 1.65. The molecule has 0 saturated heterocycles. The molecule has 18 heavy (non-hydrogen) atoms. The number of carbonyl (C=O) groups excluding carboxylic acids is 1. The van der Waals surface area contributed by atoms with Crippen molar-refractivity contribution < 1.29 is 9.53 Å². The maximum Gasteiger partial charge on any atom is 0.248 e. The van der Waals surface area contributed by atoms with E-state index in [1.807, 2.05) is 0 Å². The Morgan fingerprint density at radius 1 is 1.39 bits per heavy atom. The Hall–Kier alpha value is -2.63. The second kappa shape index (κ2) is 3.69. The van der Waals surface area contributed by atoms with E-state index in [-0.39, 0.29) is 0 Å². The number of rotatable bonds is 2. The van der Waals surface area contributed by atoms with E-state index in [0.717, 1.165) is 16.3 Å². The number of fused-ring (bicyclic) bond motifs is 3. The van der Waals surface area contributed by atoms with Crippen molar-refractivity contribution in [2.45, 2.75) is 0 Å². The predicted molar refractivity (Wildman–Crippen MR) is 66.5 cm³/mol. The zero-order valence-corrected chi connectivity index (χ0v) is 9.60. The average Bonchev–Trinajstić information content (AvgIpc) is 2.76. The van der Waals surface area contributed by atoms with Crippen LogP contribution in [0.4, 0.5) is 0 Å². The van der Waals surface area contributed by atoms with E-state index in [0.29, 0.717) is 17.0 Å². The monoisotopic (exact) mass is 242 g/mol. The Morgan fingerprint density at radius 2 is 2.22 bits per heavy atom. The van der Waals surface area contributed by atoms with Gasteiger partial charge in [0.05, 0.1) is 12.6 Å². The zero-order valence-electron chi connectivity index (χ0n) is 9.60. The normalized spacial score (nSPS) is 10.9. The summed E-state index contributed by atoms with van der Waals surface area (Å²) in [5.74, 6) is 0.0562. The van der Waals surface area contributed by atoms with E-state index >= 15 is 0 Å². The van der Waals surface area contributed by atoms with Gasteiger partial charge in [0.2, 0.25) is 5.91 Å². The number of methoxy groups -OCH3 is 1. The van der Waals surface area contributed by atoms with E-state index in [1.165, 1.54) is 13.4 Å². The van der Waals surface area contributed by atoms with Crippen LogP contribution >= 0.6 is 0 Å². The molecule has 6 heteroatoms. The number of hydrogen-bond donors (Lipinski definition) is 2. The van der Waals surface area contributed by atoms with E-state index in [9.17, 15) is 4.79 Å². The molecule has 0 bridgehead atoms. The van der Waals surface area contributed by atoms with Crippen LogP contribution in [0.5, 0.6) is 5.75 Å². The van der Waals surface area contributed by atoms with Crippen LogP contribution in [-0.2, 0) is 0 Å². The van der Waals surface area contributed by atoms with Crippen LogP contribution in [0.25, 0.3) is 21.9 Å². The van der Waals surface area contributed by atoms with Gasteiger partial charge in [0.25, 0.3) is 0 Å². The molecule has 0 unspecified atom stereocenters. The first-order chi connectivity index (χ1) is 8.70. The van der Waals surface area contributed by atoms with Crippen molar-refractivity contribution >= 4 is 27.8 Å². The Kier molecular flexibility index (Phi) is 2.16. The Labute approximate surface area is 102 Å². The number of aromatic amines is 1. The van der Waals surface area contributed by atoms with Gasteiger partial charge >= 0.3 is 0 Å². The fourth-order valence-corrected chi connectivity index (χ4v) is 2.00. The van der Waals surface area contributed by atoms with Crippen molar-refractivity contribution in [3.05, 3.63) is 30.2 Å². The highest BCUT2D eigenvalue weighted by Gasteiger charge is 2.13. The van der Waals surface area contributed by atoms with Gasteiger partial charge in [0.15, 0.2) is 0 Å². The standard InChI is InChI=1S/C12H10N4O2/c1-18-9-3-6(11(13)17)2-7-8-4-14-5-15-12(8)16-10(7)9/h2-5H,1H3,(H2,13,17)(H,14,15,16). The van der Waals surface area contributed by atoms with Crippen LogP contribution in [0.2, 0.25) is 0 Å². The van der Waals surface area contributed by atoms with Gasteiger partial charge in [0.1, 0.15) is 17.7 Å². The summed E-state index contributed by atoms with van der Waals surface area (Å²) in [5.41, 5.74) is 7.17. The highest BCUT2D eigenvalue weighted by atomic mass is 16.5. The van der Waals surface area contributed by atoms with Gasteiger partial charge in [0, 0.05) is 22.5 Å². The van der Waals surface area contributed by atoms with Crippen LogP contribution in [0.3, 0.4) is 0 Å². The maximum absolute atomic E-state index is 11.3. The summed E-state index contributed by atoms with van der Waals surface area (Å²) in [7, 11) is 1.54. The molecule has 3 rings (SSSR count). The molecular formula is C12H10N4O2. The van der Waals surface area contributed by atoms with Crippen LogP contribution in [-0.4, -0.2) is 28.0 Å². The van der Waals surface area contributed by atoms with Crippen LogP contribution in [0.15, 0.2) is 24.7 Å². The molecule has 1 aromatic carbocycles. The Bertz CT molecular complexity index is 763. The molecule has 0 atom stereocenters. The van der Waals surface area contributed by atoms with Crippen LogP contribution in [0.1, 0.15) is 10.4 Å². The molecule has 90 valence electrons. The first-order valence-corrected chi connectivity index (χ1v) is 5.30. The van der Waals surface area contributed by atoms with E-state index < -0.39 is 5.91 Å². The molecule has 2 aromatic heterocycles. The van der Waals surface area contributed by atoms with Gasteiger partial charge in [-0.05, 0) is 12.1 Å². The SMILES string of the molecule is COc1cc(C(N)=O)cc2c1[nH]c1ncncc12. The molecule has 3 aromatic rings. The lowest BCUT2D eigenvalue weighted by Crippen LogP contribution is -2.10. The topological polar surface area (TPSA) is 93.9 Å². The van der Waals surface area contributed by atoms with E-state index in [4.69, 9.17) is 10.5 Å². The number of H-pyrrole nitrogens is 1. The zero-order chi connectivity index (χ0) is 12.7. The fourth-order valence-electron chi connectivity index (χ4n) is 2.00. The molecule has 2 heterocycles.